The van der Waals surface area contributed by atoms with Gasteiger partial charge in [-0.05, 0) is 62.1 Å². The molecule has 1 aromatic carbocycles. The Kier molecular flexibility index (Phi) is 4.61. The number of hydrogen-bond donors (Lipinski definition) is 1. The Bertz CT molecular complexity index is 734. The van der Waals surface area contributed by atoms with E-state index in [0.717, 1.165) is 29.9 Å². The molecule has 1 heterocycles. The lowest BCUT2D eigenvalue weighted by Crippen LogP contribution is -2.12. The van der Waals surface area contributed by atoms with Crippen LogP contribution in [-0.4, -0.2) is 14.5 Å². The number of anilines is 1. The highest BCUT2D eigenvalue weighted by molar-refractivity contribution is 7.94. The monoisotopic (exact) mass is 357 g/mol. The topological polar surface area (TPSA) is 55.4 Å². The third-order valence-corrected chi connectivity index (χ3v) is 6.63. The van der Waals surface area contributed by atoms with Crippen molar-refractivity contribution in [2.45, 2.75) is 36.0 Å². The van der Waals surface area contributed by atoms with Crippen LogP contribution in [0.3, 0.4) is 0 Å². The quantitative estimate of drug-likeness (QED) is 0.855. The molecule has 0 atom stereocenters. The van der Waals surface area contributed by atoms with E-state index in [4.69, 9.17) is 16.3 Å². The van der Waals surface area contributed by atoms with Gasteiger partial charge in [0, 0.05) is 5.69 Å². The lowest BCUT2D eigenvalue weighted by atomic mass is 10.3. The van der Waals surface area contributed by atoms with Crippen LogP contribution in [0.5, 0.6) is 5.75 Å². The van der Waals surface area contributed by atoms with Gasteiger partial charge in [-0.2, -0.15) is 0 Å². The van der Waals surface area contributed by atoms with Crippen molar-refractivity contribution in [3.05, 3.63) is 40.7 Å². The molecule has 118 valence electrons. The van der Waals surface area contributed by atoms with E-state index in [1.165, 1.54) is 18.9 Å². The van der Waals surface area contributed by atoms with Crippen LogP contribution in [0, 0.1) is 0 Å². The van der Waals surface area contributed by atoms with Crippen LogP contribution in [-0.2, 0) is 10.0 Å². The number of nitrogens with one attached hydrogen (secondary N) is 1. The van der Waals surface area contributed by atoms with E-state index in [9.17, 15) is 8.42 Å². The molecule has 3 rings (SSSR count). The fourth-order valence-corrected chi connectivity index (χ4v) is 4.99. The molecule has 0 saturated heterocycles. The second kappa shape index (κ2) is 6.48. The first-order chi connectivity index (χ1) is 10.5. The second-order valence-corrected chi connectivity index (χ2v) is 8.84. The molecule has 4 nitrogen and oxygen atoms in total. The third kappa shape index (κ3) is 3.74. The zero-order valence-electron chi connectivity index (χ0n) is 11.8. The van der Waals surface area contributed by atoms with Crippen molar-refractivity contribution in [2.75, 3.05) is 4.72 Å². The molecule has 1 aromatic heterocycles. The third-order valence-electron chi connectivity index (χ3n) is 3.52. The summed E-state index contributed by atoms with van der Waals surface area (Å²) in [6, 6.07) is 10.1. The van der Waals surface area contributed by atoms with Gasteiger partial charge in [-0.25, -0.2) is 8.42 Å². The molecule has 0 amide bonds. The average molecular weight is 358 g/mol. The van der Waals surface area contributed by atoms with Gasteiger partial charge < -0.3 is 4.74 Å². The van der Waals surface area contributed by atoms with Crippen LogP contribution < -0.4 is 9.46 Å². The molecule has 0 bridgehead atoms. The van der Waals surface area contributed by atoms with Crippen LogP contribution in [0.2, 0.25) is 4.34 Å². The Morgan fingerprint density at radius 1 is 1.09 bits per heavy atom. The highest BCUT2D eigenvalue weighted by Crippen LogP contribution is 2.28. The van der Waals surface area contributed by atoms with Crippen LogP contribution in [0.15, 0.2) is 40.6 Å². The van der Waals surface area contributed by atoms with E-state index < -0.39 is 10.0 Å². The van der Waals surface area contributed by atoms with Gasteiger partial charge in [0.2, 0.25) is 0 Å². The van der Waals surface area contributed by atoms with Crippen molar-refractivity contribution in [3.8, 4) is 5.75 Å². The van der Waals surface area contributed by atoms with Crippen molar-refractivity contribution >= 4 is 38.6 Å². The summed E-state index contributed by atoms with van der Waals surface area (Å²) < 4.78 is 33.4. The van der Waals surface area contributed by atoms with Crippen LogP contribution in [0.4, 0.5) is 5.69 Å². The highest BCUT2D eigenvalue weighted by Gasteiger charge is 2.18. The Hall–Kier alpha value is -1.24. The first kappa shape index (κ1) is 15.6. The van der Waals surface area contributed by atoms with E-state index in [2.05, 4.69) is 4.72 Å². The van der Waals surface area contributed by atoms with Gasteiger partial charge in [-0.3, -0.25) is 4.72 Å². The largest absolute Gasteiger partial charge is 0.490 e. The zero-order chi connectivity index (χ0) is 15.6. The van der Waals surface area contributed by atoms with Gasteiger partial charge in [0.05, 0.1) is 10.4 Å². The van der Waals surface area contributed by atoms with Crippen molar-refractivity contribution < 1.29 is 13.2 Å². The number of rotatable bonds is 5. The molecule has 1 fully saturated rings. The summed E-state index contributed by atoms with van der Waals surface area (Å²) in [4.78, 5) is 0. The average Bonchev–Trinajstić information content (AvgIpc) is 3.12. The molecule has 1 aliphatic carbocycles. The smallest absolute Gasteiger partial charge is 0.271 e. The van der Waals surface area contributed by atoms with Gasteiger partial charge in [-0.15, -0.1) is 11.3 Å². The second-order valence-electron chi connectivity index (χ2n) is 5.21. The number of ether oxygens (including phenoxy) is 1. The maximum absolute atomic E-state index is 12.2. The van der Waals surface area contributed by atoms with Crippen molar-refractivity contribution in [2.24, 2.45) is 0 Å². The van der Waals surface area contributed by atoms with Gasteiger partial charge >= 0.3 is 0 Å². The number of hydrogen-bond acceptors (Lipinski definition) is 4. The van der Waals surface area contributed by atoms with Crippen LogP contribution in [0.1, 0.15) is 25.7 Å². The van der Waals surface area contributed by atoms with Crippen molar-refractivity contribution in [1.29, 1.82) is 0 Å². The van der Waals surface area contributed by atoms with Gasteiger partial charge in [0.1, 0.15) is 9.96 Å². The summed E-state index contributed by atoms with van der Waals surface area (Å²) in [6.07, 6.45) is 4.90. The molecular weight excluding hydrogens is 342 g/mol. The van der Waals surface area contributed by atoms with E-state index in [0.29, 0.717) is 10.0 Å². The SMILES string of the molecule is O=S(=O)(Nc1ccc(OC2CCCC2)cc1)c1ccc(Cl)s1. The van der Waals surface area contributed by atoms with Gasteiger partial charge in [0.15, 0.2) is 0 Å². The Morgan fingerprint density at radius 3 is 2.36 bits per heavy atom. The minimum Gasteiger partial charge on any atom is -0.490 e. The van der Waals surface area contributed by atoms with E-state index in [1.807, 2.05) is 0 Å². The fraction of sp³-hybridized carbons (Fsp3) is 0.333. The molecule has 7 heteroatoms. The maximum atomic E-state index is 12.2. The van der Waals surface area contributed by atoms with Crippen LogP contribution in [0.25, 0.3) is 0 Å². The van der Waals surface area contributed by atoms with Crippen molar-refractivity contribution in [1.82, 2.24) is 0 Å². The van der Waals surface area contributed by atoms with Gasteiger partial charge in [0.25, 0.3) is 10.0 Å². The summed E-state index contributed by atoms with van der Waals surface area (Å²) >= 11 is 6.81. The summed E-state index contributed by atoms with van der Waals surface area (Å²) in [7, 11) is -3.58. The summed E-state index contributed by atoms with van der Waals surface area (Å²) in [5, 5.41) is 0. The van der Waals surface area contributed by atoms with Crippen LogP contribution >= 0.6 is 22.9 Å². The molecule has 0 spiro atoms. The number of thiophene rings is 1. The van der Waals surface area contributed by atoms with Crippen molar-refractivity contribution in [3.63, 3.8) is 0 Å². The maximum Gasteiger partial charge on any atom is 0.271 e. The summed E-state index contributed by atoms with van der Waals surface area (Å²) in [6.45, 7) is 0. The Labute approximate surface area is 139 Å². The summed E-state index contributed by atoms with van der Waals surface area (Å²) in [5.74, 6) is 0.772. The van der Waals surface area contributed by atoms with E-state index in [-0.39, 0.29) is 10.3 Å². The van der Waals surface area contributed by atoms with E-state index in [1.54, 1.807) is 30.3 Å². The molecule has 1 aliphatic rings. The minimum atomic E-state index is -3.58. The molecule has 2 aromatic rings. The first-order valence-electron chi connectivity index (χ1n) is 7.08. The Morgan fingerprint density at radius 2 is 1.77 bits per heavy atom. The highest BCUT2D eigenvalue weighted by atomic mass is 35.5. The fourth-order valence-electron chi connectivity index (χ4n) is 2.45. The van der Waals surface area contributed by atoms with E-state index >= 15 is 0 Å². The zero-order valence-corrected chi connectivity index (χ0v) is 14.2. The predicted molar refractivity (Wildman–Crippen MR) is 89.5 cm³/mol. The number of sulfonamides is 1. The Balaban J connectivity index is 1.67. The minimum absolute atomic E-state index is 0.198. The lowest BCUT2D eigenvalue weighted by molar-refractivity contribution is 0.210. The first-order valence-corrected chi connectivity index (χ1v) is 9.75. The molecule has 1 saturated carbocycles. The molecule has 0 unspecified atom stereocenters. The molecule has 0 radical (unpaired) electrons. The summed E-state index contributed by atoms with van der Waals surface area (Å²) in [5.41, 5.74) is 0.503. The molecule has 22 heavy (non-hydrogen) atoms. The molecule has 1 N–H and O–H groups in total. The van der Waals surface area contributed by atoms with Gasteiger partial charge in [-0.1, -0.05) is 11.6 Å². The molecular formula is C15H16ClNO3S2. The number of benzene rings is 1. The predicted octanol–water partition coefficient (Wildman–Crippen LogP) is 4.52. The lowest BCUT2D eigenvalue weighted by Gasteiger charge is -2.13. The standard InChI is InChI=1S/C15H16ClNO3S2/c16-14-9-10-15(21-14)22(18,19)17-11-5-7-13(8-6-11)20-12-3-1-2-4-12/h5-10,12,17H,1-4H2. The molecule has 0 aliphatic heterocycles. The number of halogens is 1. The normalized spacial score (nSPS) is 15.9.